The molecule has 0 saturated carbocycles. The number of hydrogen-bond donors (Lipinski definition) is 1. The molecule has 2 aromatic carbocycles. The largest absolute Gasteiger partial charge is 0.322 e. The molecule has 3 aromatic rings. The van der Waals surface area contributed by atoms with Crippen LogP contribution in [0, 0.1) is 5.82 Å². The van der Waals surface area contributed by atoms with Gasteiger partial charge in [-0.25, -0.2) is 9.07 Å². The number of para-hydroxylation sites is 1. The maximum absolute atomic E-state index is 13.1. The van der Waals surface area contributed by atoms with Gasteiger partial charge in [0.1, 0.15) is 11.0 Å². The van der Waals surface area contributed by atoms with Crippen molar-refractivity contribution >= 4 is 23.2 Å². The lowest BCUT2D eigenvalue weighted by molar-refractivity contribution is 0.102. The zero-order valence-corrected chi connectivity index (χ0v) is 12.1. The lowest BCUT2D eigenvalue weighted by Gasteiger charge is -2.05. The van der Waals surface area contributed by atoms with E-state index < -0.39 is 11.7 Å². The normalized spacial score (nSPS) is 10.5. The van der Waals surface area contributed by atoms with Gasteiger partial charge in [-0.3, -0.25) is 4.79 Å². The molecule has 4 nitrogen and oxygen atoms in total. The van der Waals surface area contributed by atoms with Crippen LogP contribution in [0.4, 0.5) is 10.1 Å². The Morgan fingerprint density at radius 1 is 1.14 bits per heavy atom. The van der Waals surface area contributed by atoms with E-state index in [1.165, 1.54) is 29.1 Å². The van der Waals surface area contributed by atoms with Crippen molar-refractivity contribution in [2.24, 2.45) is 0 Å². The first-order valence-corrected chi connectivity index (χ1v) is 6.89. The number of carbonyl (C=O) groups is 1. The number of anilines is 1. The summed E-state index contributed by atoms with van der Waals surface area (Å²) in [5.41, 5.74) is 1.32. The van der Waals surface area contributed by atoms with Crippen molar-refractivity contribution < 1.29 is 9.18 Å². The molecule has 0 bridgehead atoms. The van der Waals surface area contributed by atoms with Gasteiger partial charge >= 0.3 is 0 Å². The third kappa shape index (κ3) is 2.84. The number of benzene rings is 2. The average molecular weight is 316 g/mol. The third-order valence-corrected chi connectivity index (χ3v) is 3.40. The first-order chi connectivity index (χ1) is 10.6. The average Bonchev–Trinajstić information content (AvgIpc) is 2.90. The van der Waals surface area contributed by atoms with Gasteiger partial charge in [-0.15, -0.1) is 0 Å². The Kier molecular flexibility index (Phi) is 3.89. The molecule has 0 spiro atoms. The Morgan fingerprint density at radius 2 is 1.91 bits per heavy atom. The van der Waals surface area contributed by atoms with Crippen molar-refractivity contribution in [1.29, 1.82) is 0 Å². The minimum Gasteiger partial charge on any atom is -0.322 e. The van der Waals surface area contributed by atoms with E-state index in [0.717, 1.165) is 5.69 Å². The van der Waals surface area contributed by atoms with Crippen molar-refractivity contribution in [1.82, 2.24) is 9.78 Å². The molecule has 1 heterocycles. The Balaban J connectivity index is 1.87. The van der Waals surface area contributed by atoms with Gasteiger partial charge in [-0.1, -0.05) is 35.9 Å². The van der Waals surface area contributed by atoms with Crippen LogP contribution in [-0.2, 0) is 0 Å². The summed E-state index contributed by atoms with van der Waals surface area (Å²) in [5.74, 6) is -0.873. The molecule has 1 N–H and O–H groups in total. The second-order valence-electron chi connectivity index (χ2n) is 4.56. The van der Waals surface area contributed by atoms with Crippen molar-refractivity contribution in [2.45, 2.75) is 0 Å². The SMILES string of the molecule is O=C(Nc1cccc(F)c1)c1cnn(-c2ccccc2)c1Cl. The quantitative estimate of drug-likeness (QED) is 0.796. The Bertz CT molecular complexity index is 817. The maximum Gasteiger partial charge on any atom is 0.260 e. The lowest BCUT2D eigenvalue weighted by Crippen LogP contribution is -2.12. The molecule has 22 heavy (non-hydrogen) atoms. The summed E-state index contributed by atoms with van der Waals surface area (Å²) in [4.78, 5) is 12.2. The fraction of sp³-hybridized carbons (Fsp3) is 0. The summed E-state index contributed by atoms with van der Waals surface area (Å²) in [6.45, 7) is 0. The van der Waals surface area contributed by atoms with Crippen LogP contribution >= 0.6 is 11.6 Å². The highest BCUT2D eigenvalue weighted by atomic mass is 35.5. The number of aromatic nitrogens is 2. The highest BCUT2D eigenvalue weighted by molar-refractivity contribution is 6.33. The molecule has 0 atom stereocenters. The summed E-state index contributed by atoms with van der Waals surface area (Å²) >= 11 is 6.22. The molecule has 0 radical (unpaired) electrons. The fourth-order valence-electron chi connectivity index (χ4n) is 2.00. The van der Waals surface area contributed by atoms with E-state index in [1.54, 1.807) is 6.07 Å². The van der Waals surface area contributed by atoms with Gasteiger partial charge in [0, 0.05) is 5.69 Å². The van der Waals surface area contributed by atoms with Gasteiger partial charge in [-0.05, 0) is 30.3 Å². The first kappa shape index (κ1) is 14.3. The summed E-state index contributed by atoms with van der Waals surface area (Å²) in [7, 11) is 0. The molecule has 6 heteroatoms. The van der Waals surface area contributed by atoms with E-state index in [9.17, 15) is 9.18 Å². The first-order valence-electron chi connectivity index (χ1n) is 6.51. The number of nitrogens with zero attached hydrogens (tertiary/aromatic N) is 2. The molecule has 110 valence electrons. The van der Waals surface area contributed by atoms with Crippen LogP contribution in [0.15, 0.2) is 60.8 Å². The predicted molar refractivity (Wildman–Crippen MR) is 82.9 cm³/mol. The Labute approximate surface area is 131 Å². The van der Waals surface area contributed by atoms with Crippen molar-refractivity contribution in [3.05, 3.63) is 77.3 Å². The second kappa shape index (κ2) is 5.99. The van der Waals surface area contributed by atoms with E-state index in [-0.39, 0.29) is 10.7 Å². The molecule has 1 aromatic heterocycles. The number of nitrogens with one attached hydrogen (secondary N) is 1. The molecule has 3 rings (SSSR count). The zero-order chi connectivity index (χ0) is 15.5. The standard InChI is InChI=1S/C16H11ClFN3O/c17-15-14(10-19-21(15)13-7-2-1-3-8-13)16(22)20-12-6-4-5-11(18)9-12/h1-10H,(H,20,22). The number of rotatable bonds is 3. The number of carbonyl (C=O) groups excluding carboxylic acids is 1. The van der Waals surface area contributed by atoms with Crippen LogP contribution < -0.4 is 5.32 Å². The minimum atomic E-state index is -0.446. The summed E-state index contributed by atoms with van der Waals surface area (Å²) in [5, 5.41) is 6.90. The van der Waals surface area contributed by atoms with Crippen LogP contribution in [-0.4, -0.2) is 15.7 Å². The van der Waals surface area contributed by atoms with E-state index in [4.69, 9.17) is 11.6 Å². The van der Waals surface area contributed by atoms with Gasteiger partial charge in [-0.2, -0.15) is 5.10 Å². The fourth-order valence-corrected chi connectivity index (χ4v) is 2.28. The van der Waals surface area contributed by atoms with Crippen LogP contribution in [0.5, 0.6) is 0 Å². The molecule has 1 amide bonds. The molecule has 0 aliphatic rings. The molecular formula is C16H11ClFN3O. The second-order valence-corrected chi connectivity index (χ2v) is 4.92. The van der Waals surface area contributed by atoms with Crippen LogP contribution in [0.1, 0.15) is 10.4 Å². The maximum atomic E-state index is 13.1. The predicted octanol–water partition coefficient (Wildman–Crippen LogP) is 3.92. The molecule has 0 aliphatic heterocycles. The topological polar surface area (TPSA) is 46.9 Å². The van der Waals surface area contributed by atoms with Gasteiger partial charge < -0.3 is 5.32 Å². The van der Waals surface area contributed by atoms with E-state index in [1.807, 2.05) is 30.3 Å². The highest BCUT2D eigenvalue weighted by Gasteiger charge is 2.17. The lowest BCUT2D eigenvalue weighted by atomic mass is 10.2. The van der Waals surface area contributed by atoms with Gasteiger partial charge in [0.15, 0.2) is 0 Å². The number of amides is 1. The van der Waals surface area contributed by atoms with Gasteiger partial charge in [0.25, 0.3) is 5.91 Å². The third-order valence-electron chi connectivity index (χ3n) is 3.04. The summed E-state index contributed by atoms with van der Waals surface area (Å²) < 4.78 is 14.6. The van der Waals surface area contributed by atoms with Crippen molar-refractivity contribution in [3.8, 4) is 5.69 Å². The number of halogens is 2. The van der Waals surface area contributed by atoms with Crippen molar-refractivity contribution in [3.63, 3.8) is 0 Å². The summed E-state index contributed by atoms with van der Waals surface area (Å²) in [6.07, 6.45) is 1.38. The Hall–Kier alpha value is -2.66. The van der Waals surface area contributed by atoms with Crippen LogP contribution in [0.25, 0.3) is 5.69 Å². The van der Waals surface area contributed by atoms with E-state index in [0.29, 0.717) is 5.69 Å². The summed E-state index contributed by atoms with van der Waals surface area (Å²) in [6, 6.07) is 14.9. The molecule has 0 unspecified atom stereocenters. The van der Waals surface area contributed by atoms with E-state index >= 15 is 0 Å². The van der Waals surface area contributed by atoms with Crippen LogP contribution in [0.2, 0.25) is 5.15 Å². The van der Waals surface area contributed by atoms with Gasteiger partial charge in [0.05, 0.1) is 17.4 Å². The molecular weight excluding hydrogens is 305 g/mol. The van der Waals surface area contributed by atoms with Crippen LogP contribution in [0.3, 0.4) is 0 Å². The van der Waals surface area contributed by atoms with Gasteiger partial charge in [0.2, 0.25) is 0 Å². The smallest absolute Gasteiger partial charge is 0.260 e. The van der Waals surface area contributed by atoms with Crippen molar-refractivity contribution in [2.75, 3.05) is 5.32 Å². The monoisotopic (exact) mass is 315 g/mol. The minimum absolute atomic E-state index is 0.195. The Morgan fingerprint density at radius 3 is 2.64 bits per heavy atom. The molecule has 0 saturated heterocycles. The zero-order valence-electron chi connectivity index (χ0n) is 11.3. The van der Waals surface area contributed by atoms with E-state index in [2.05, 4.69) is 10.4 Å². The highest BCUT2D eigenvalue weighted by Crippen LogP contribution is 2.21. The number of hydrogen-bond acceptors (Lipinski definition) is 2. The molecule has 0 fully saturated rings. The molecule has 0 aliphatic carbocycles.